The van der Waals surface area contributed by atoms with Crippen LogP contribution in [0.5, 0.6) is 0 Å². The quantitative estimate of drug-likeness (QED) is 0.653. The van der Waals surface area contributed by atoms with Gasteiger partial charge in [0.25, 0.3) is 0 Å². The van der Waals surface area contributed by atoms with Crippen LogP contribution in [0, 0.1) is 0 Å². The van der Waals surface area contributed by atoms with E-state index in [1.807, 2.05) is 24.3 Å². The first kappa shape index (κ1) is 20.0. The molecule has 1 saturated heterocycles. The average molecular weight is 430 g/mol. The minimum atomic E-state index is -3.56. The van der Waals surface area contributed by atoms with Crippen LogP contribution in [0.15, 0.2) is 54.6 Å². The van der Waals surface area contributed by atoms with Crippen LogP contribution in [0.3, 0.4) is 0 Å². The van der Waals surface area contributed by atoms with E-state index < -0.39 is 10.0 Å². The van der Waals surface area contributed by atoms with E-state index >= 15 is 0 Å². The molecule has 0 radical (unpaired) electrons. The fourth-order valence-electron chi connectivity index (χ4n) is 3.60. The lowest BCUT2D eigenvalue weighted by Crippen LogP contribution is -2.44. The Morgan fingerprint density at radius 2 is 1.90 bits per heavy atom. The molecule has 1 fully saturated rings. The number of thiazole rings is 1. The third kappa shape index (κ3) is 5.01. The highest BCUT2D eigenvalue weighted by molar-refractivity contribution is 7.88. The Hall–Kier alpha value is -2.29. The summed E-state index contributed by atoms with van der Waals surface area (Å²) in [5, 5.41) is 1.05. The van der Waals surface area contributed by atoms with Crippen LogP contribution in [-0.4, -0.2) is 43.8 Å². The Bertz CT molecular complexity index is 1060. The molecule has 1 aliphatic rings. The number of rotatable bonds is 6. The second-order valence-electron chi connectivity index (χ2n) is 7.26. The molecule has 6 nitrogen and oxygen atoms in total. The van der Waals surface area contributed by atoms with Gasteiger partial charge in [0.05, 0.1) is 27.5 Å². The van der Waals surface area contributed by atoms with Crippen LogP contribution in [-0.2, 0) is 20.6 Å². The molecule has 3 aromatic rings. The standard InChI is InChI=1S/C21H23N3O3S2/c25-20(13-22-29(26,27)15-16-7-2-1-3-8-16)24-12-6-9-17(14-24)21-23-18-10-4-5-11-19(18)28-21/h1-5,7-8,10-11,17,22H,6,9,12-15H2. The van der Waals surface area contributed by atoms with Gasteiger partial charge in [0.15, 0.2) is 0 Å². The minimum Gasteiger partial charge on any atom is -0.341 e. The van der Waals surface area contributed by atoms with E-state index in [9.17, 15) is 13.2 Å². The van der Waals surface area contributed by atoms with Crippen molar-refractivity contribution in [3.63, 3.8) is 0 Å². The average Bonchev–Trinajstić information content (AvgIpc) is 3.17. The number of hydrogen-bond acceptors (Lipinski definition) is 5. The molecule has 1 N–H and O–H groups in total. The first-order valence-corrected chi connectivity index (χ1v) is 12.1. The topological polar surface area (TPSA) is 79.4 Å². The highest BCUT2D eigenvalue weighted by Crippen LogP contribution is 2.32. The molecule has 0 aliphatic carbocycles. The molecule has 1 aromatic heterocycles. The van der Waals surface area contributed by atoms with E-state index in [0.717, 1.165) is 28.1 Å². The van der Waals surface area contributed by atoms with Gasteiger partial charge in [0, 0.05) is 19.0 Å². The van der Waals surface area contributed by atoms with Crippen LogP contribution in [0.2, 0.25) is 0 Å². The van der Waals surface area contributed by atoms with Gasteiger partial charge in [0.2, 0.25) is 15.9 Å². The summed E-state index contributed by atoms with van der Waals surface area (Å²) in [6, 6.07) is 17.0. The number of amides is 1. The molecule has 152 valence electrons. The van der Waals surface area contributed by atoms with Gasteiger partial charge in [-0.1, -0.05) is 42.5 Å². The fraction of sp³-hybridized carbons (Fsp3) is 0.333. The monoisotopic (exact) mass is 429 g/mol. The summed E-state index contributed by atoms with van der Waals surface area (Å²) < 4.78 is 28.2. The van der Waals surface area contributed by atoms with Crippen molar-refractivity contribution < 1.29 is 13.2 Å². The predicted octanol–water partition coefficient (Wildman–Crippen LogP) is 3.12. The molecule has 1 atom stereocenters. The number of fused-ring (bicyclic) bond motifs is 1. The van der Waals surface area contributed by atoms with Crippen LogP contribution in [0.4, 0.5) is 0 Å². The van der Waals surface area contributed by atoms with Crippen molar-refractivity contribution in [1.29, 1.82) is 0 Å². The Labute approximate surface area is 174 Å². The van der Waals surface area contributed by atoms with Crippen molar-refractivity contribution in [2.45, 2.75) is 24.5 Å². The molecule has 0 bridgehead atoms. The van der Waals surface area contributed by atoms with Crippen molar-refractivity contribution in [2.24, 2.45) is 0 Å². The maximum Gasteiger partial charge on any atom is 0.237 e. The van der Waals surface area contributed by atoms with Gasteiger partial charge >= 0.3 is 0 Å². The van der Waals surface area contributed by atoms with Crippen molar-refractivity contribution in [3.05, 3.63) is 65.2 Å². The summed E-state index contributed by atoms with van der Waals surface area (Å²) in [4.78, 5) is 19.1. The molecular formula is C21H23N3O3S2. The van der Waals surface area contributed by atoms with Crippen LogP contribution >= 0.6 is 11.3 Å². The van der Waals surface area contributed by atoms with Crippen molar-refractivity contribution in [1.82, 2.24) is 14.6 Å². The maximum atomic E-state index is 12.6. The van der Waals surface area contributed by atoms with E-state index in [-0.39, 0.29) is 24.1 Å². The van der Waals surface area contributed by atoms with Gasteiger partial charge in [-0.25, -0.2) is 18.1 Å². The Morgan fingerprint density at radius 3 is 2.69 bits per heavy atom. The molecule has 8 heteroatoms. The van der Waals surface area contributed by atoms with Crippen molar-refractivity contribution in [2.75, 3.05) is 19.6 Å². The summed E-state index contributed by atoms with van der Waals surface area (Å²) in [5.41, 5.74) is 1.69. The SMILES string of the molecule is O=C(CNS(=O)(=O)Cc1ccccc1)N1CCCC(c2nc3ccccc3s2)C1. The van der Waals surface area contributed by atoms with E-state index in [4.69, 9.17) is 4.98 Å². The van der Waals surface area contributed by atoms with Gasteiger partial charge < -0.3 is 4.90 Å². The highest BCUT2D eigenvalue weighted by Gasteiger charge is 2.27. The van der Waals surface area contributed by atoms with Gasteiger partial charge in [0.1, 0.15) is 0 Å². The molecule has 0 spiro atoms. The molecule has 4 rings (SSSR count). The predicted molar refractivity (Wildman–Crippen MR) is 115 cm³/mol. The van der Waals surface area contributed by atoms with Crippen molar-refractivity contribution in [3.8, 4) is 0 Å². The first-order chi connectivity index (χ1) is 14.0. The molecule has 2 aromatic carbocycles. The maximum absolute atomic E-state index is 12.6. The second-order valence-corrected chi connectivity index (χ2v) is 10.1. The number of piperidine rings is 1. The lowest BCUT2D eigenvalue weighted by molar-refractivity contribution is -0.131. The van der Waals surface area contributed by atoms with Gasteiger partial charge in [-0.15, -0.1) is 11.3 Å². The van der Waals surface area contributed by atoms with Gasteiger partial charge in [-0.05, 0) is 30.5 Å². The molecule has 29 heavy (non-hydrogen) atoms. The van der Waals surface area contributed by atoms with Gasteiger partial charge in [-0.3, -0.25) is 4.79 Å². The lowest BCUT2D eigenvalue weighted by Gasteiger charge is -2.31. The molecule has 0 saturated carbocycles. The molecule has 1 unspecified atom stereocenters. The summed E-state index contributed by atoms with van der Waals surface area (Å²) in [6.45, 7) is 1.03. The molecular weight excluding hydrogens is 406 g/mol. The smallest absolute Gasteiger partial charge is 0.237 e. The number of carbonyl (C=O) groups excluding carboxylic acids is 1. The zero-order chi connectivity index (χ0) is 20.3. The second kappa shape index (κ2) is 8.61. The highest BCUT2D eigenvalue weighted by atomic mass is 32.2. The molecule has 1 aliphatic heterocycles. The van der Waals surface area contributed by atoms with E-state index in [1.54, 1.807) is 40.5 Å². The normalized spacial score (nSPS) is 17.5. The number of carbonyl (C=O) groups is 1. The summed E-state index contributed by atoms with van der Waals surface area (Å²) >= 11 is 1.68. The van der Waals surface area contributed by atoms with E-state index in [2.05, 4.69) is 10.8 Å². The summed E-state index contributed by atoms with van der Waals surface area (Å²) in [6.07, 6.45) is 1.88. The Morgan fingerprint density at radius 1 is 1.14 bits per heavy atom. The molecule has 1 amide bonds. The number of para-hydroxylation sites is 1. The van der Waals surface area contributed by atoms with E-state index in [0.29, 0.717) is 18.7 Å². The lowest BCUT2D eigenvalue weighted by atomic mass is 9.98. The third-order valence-corrected chi connectivity index (χ3v) is 7.57. The minimum absolute atomic E-state index is 0.130. The largest absolute Gasteiger partial charge is 0.341 e. The number of hydrogen-bond donors (Lipinski definition) is 1. The molecule has 2 heterocycles. The Balaban J connectivity index is 1.36. The number of sulfonamides is 1. The summed E-state index contributed by atoms with van der Waals surface area (Å²) in [7, 11) is -3.56. The number of aromatic nitrogens is 1. The number of likely N-dealkylation sites (tertiary alicyclic amines) is 1. The fourth-order valence-corrected chi connectivity index (χ4v) is 5.77. The van der Waals surface area contributed by atoms with Crippen LogP contribution < -0.4 is 4.72 Å². The number of nitrogens with zero attached hydrogens (tertiary/aromatic N) is 2. The van der Waals surface area contributed by atoms with E-state index in [1.165, 1.54) is 0 Å². The first-order valence-electron chi connectivity index (χ1n) is 9.65. The zero-order valence-electron chi connectivity index (χ0n) is 16.0. The Kier molecular flexibility index (Phi) is 5.94. The third-order valence-electron chi connectivity index (χ3n) is 5.08. The zero-order valence-corrected chi connectivity index (χ0v) is 17.6. The van der Waals surface area contributed by atoms with Crippen LogP contribution in [0.1, 0.15) is 29.3 Å². The number of benzene rings is 2. The van der Waals surface area contributed by atoms with Crippen molar-refractivity contribution >= 4 is 37.5 Å². The number of nitrogens with one attached hydrogen (secondary N) is 1. The van der Waals surface area contributed by atoms with Crippen LogP contribution in [0.25, 0.3) is 10.2 Å². The van der Waals surface area contributed by atoms with Gasteiger partial charge in [-0.2, -0.15) is 0 Å². The summed E-state index contributed by atoms with van der Waals surface area (Å²) in [5.74, 6) is -0.117.